The first kappa shape index (κ1) is 28.3. The van der Waals surface area contributed by atoms with E-state index >= 15 is 0 Å². The van der Waals surface area contributed by atoms with Gasteiger partial charge in [-0.05, 0) is 18.3 Å². The van der Waals surface area contributed by atoms with Crippen molar-refractivity contribution in [3.63, 3.8) is 0 Å². The first-order valence-corrected chi connectivity index (χ1v) is 10.1. The molecule has 178 valence electrons. The van der Waals surface area contributed by atoms with Gasteiger partial charge in [0.05, 0.1) is 19.1 Å². The third-order valence-corrected chi connectivity index (χ3v) is 4.69. The maximum Gasteiger partial charge on any atom is 0.328 e. The van der Waals surface area contributed by atoms with Crippen molar-refractivity contribution < 1.29 is 34.2 Å². The molecule has 0 radical (unpaired) electrons. The van der Waals surface area contributed by atoms with Crippen LogP contribution in [-0.4, -0.2) is 70.6 Å². The number of aliphatic carboxylic acids is 1. The third kappa shape index (κ3) is 10.2. The minimum Gasteiger partial charge on any atom is -0.480 e. The number of nitrogens with one attached hydrogen (secondary N) is 3. The maximum atomic E-state index is 12.8. The highest BCUT2D eigenvalue weighted by molar-refractivity contribution is 5.96. The lowest BCUT2D eigenvalue weighted by molar-refractivity contribution is -0.143. The number of hydrogen-bond donors (Lipinski definition) is 7. The predicted octanol–water partition coefficient (Wildman–Crippen LogP) is -2.19. The highest BCUT2D eigenvalue weighted by atomic mass is 16.4. The SMILES string of the molecule is CCC(C)C(NC(=O)C(N)CC(C)C)C(=O)NC(CC(N)=O)C(=O)NC(CO)C(=O)O. The molecule has 5 unspecified atom stereocenters. The lowest BCUT2D eigenvalue weighted by Crippen LogP contribution is -2.59. The molecule has 0 heterocycles. The van der Waals surface area contributed by atoms with Crippen LogP contribution in [0.4, 0.5) is 0 Å². The summed E-state index contributed by atoms with van der Waals surface area (Å²) >= 11 is 0. The molecule has 0 aliphatic heterocycles. The van der Waals surface area contributed by atoms with Crippen LogP contribution in [-0.2, 0) is 24.0 Å². The van der Waals surface area contributed by atoms with Gasteiger partial charge in [-0.3, -0.25) is 19.2 Å². The number of primary amides is 1. The zero-order valence-electron chi connectivity index (χ0n) is 18.4. The molecule has 0 aromatic rings. The number of aliphatic hydroxyl groups is 1. The molecule has 9 N–H and O–H groups in total. The average molecular weight is 446 g/mol. The number of carboxylic acids is 1. The second kappa shape index (κ2) is 13.5. The zero-order valence-corrected chi connectivity index (χ0v) is 18.4. The molecular formula is C19H35N5O7. The number of aliphatic hydroxyl groups excluding tert-OH is 1. The van der Waals surface area contributed by atoms with E-state index in [9.17, 15) is 24.0 Å². The van der Waals surface area contributed by atoms with E-state index in [1.54, 1.807) is 13.8 Å². The van der Waals surface area contributed by atoms with Crippen LogP contribution < -0.4 is 27.4 Å². The number of amides is 4. The molecule has 0 spiro atoms. The molecule has 0 aliphatic carbocycles. The van der Waals surface area contributed by atoms with Crippen molar-refractivity contribution in [3.8, 4) is 0 Å². The minimum absolute atomic E-state index is 0.161. The standard InChI is InChI=1S/C19H35N5O7/c1-5-10(4)15(24-16(27)11(20)6-9(2)3)18(29)22-12(7-14(21)26)17(28)23-13(8-25)19(30)31/h9-13,15,25H,5-8,20H2,1-4H3,(H2,21,26)(H,22,29)(H,23,28)(H,24,27)(H,30,31). The van der Waals surface area contributed by atoms with Crippen LogP contribution in [0.5, 0.6) is 0 Å². The second-order valence-electron chi connectivity index (χ2n) is 7.92. The number of nitrogens with two attached hydrogens (primary N) is 2. The van der Waals surface area contributed by atoms with Gasteiger partial charge in [-0.15, -0.1) is 0 Å². The Morgan fingerprint density at radius 2 is 1.45 bits per heavy atom. The Labute approximate surface area is 181 Å². The van der Waals surface area contributed by atoms with Crippen LogP contribution in [0, 0.1) is 11.8 Å². The summed E-state index contributed by atoms with van der Waals surface area (Å²) in [6, 6.07) is -5.00. The fraction of sp³-hybridized carbons (Fsp3) is 0.737. The molecule has 0 saturated carbocycles. The Morgan fingerprint density at radius 1 is 0.903 bits per heavy atom. The Kier molecular flexibility index (Phi) is 12.4. The van der Waals surface area contributed by atoms with E-state index in [1.165, 1.54) is 0 Å². The number of rotatable bonds is 14. The highest BCUT2D eigenvalue weighted by Crippen LogP contribution is 2.10. The zero-order chi connectivity index (χ0) is 24.3. The lowest BCUT2D eigenvalue weighted by atomic mass is 9.96. The monoisotopic (exact) mass is 445 g/mol. The maximum absolute atomic E-state index is 12.8. The number of carbonyl (C=O) groups excluding carboxylic acids is 4. The molecular weight excluding hydrogens is 410 g/mol. The van der Waals surface area contributed by atoms with Crippen molar-refractivity contribution in [2.45, 2.75) is 71.1 Å². The van der Waals surface area contributed by atoms with Crippen LogP contribution >= 0.6 is 0 Å². The van der Waals surface area contributed by atoms with Gasteiger partial charge in [-0.2, -0.15) is 0 Å². The molecule has 0 aromatic carbocycles. The summed E-state index contributed by atoms with van der Waals surface area (Å²) < 4.78 is 0. The summed E-state index contributed by atoms with van der Waals surface area (Å²) in [5.74, 6) is -4.89. The molecule has 0 aromatic heterocycles. The fourth-order valence-electron chi connectivity index (χ4n) is 2.71. The Morgan fingerprint density at radius 3 is 1.87 bits per heavy atom. The van der Waals surface area contributed by atoms with E-state index in [1.807, 2.05) is 19.2 Å². The number of carboxylic acid groups (broad SMARTS) is 1. The van der Waals surface area contributed by atoms with Gasteiger partial charge in [0.25, 0.3) is 0 Å². The molecule has 0 rings (SSSR count). The van der Waals surface area contributed by atoms with Crippen molar-refractivity contribution in [1.82, 2.24) is 16.0 Å². The molecule has 0 bridgehead atoms. The normalized spacial score (nSPS) is 15.8. The first-order chi connectivity index (χ1) is 14.3. The van der Waals surface area contributed by atoms with Crippen molar-refractivity contribution in [2.24, 2.45) is 23.3 Å². The van der Waals surface area contributed by atoms with E-state index in [-0.39, 0.29) is 11.8 Å². The van der Waals surface area contributed by atoms with Crippen LogP contribution in [0.3, 0.4) is 0 Å². The van der Waals surface area contributed by atoms with Crippen LogP contribution in [0.2, 0.25) is 0 Å². The second-order valence-corrected chi connectivity index (χ2v) is 7.92. The van der Waals surface area contributed by atoms with Crippen LogP contribution in [0.1, 0.15) is 47.0 Å². The molecule has 4 amide bonds. The van der Waals surface area contributed by atoms with Crippen molar-refractivity contribution in [2.75, 3.05) is 6.61 Å². The highest BCUT2D eigenvalue weighted by Gasteiger charge is 2.33. The third-order valence-electron chi connectivity index (χ3n) is 4.69. The summed E-state index contributed by atoms with van der Waals surface area (Å²) in [6.07, 6.45) is 0.310. The van der Waals surface area contributed by atoms with E-state index in [0.29, 0.717) is 12.8 Å². The first-order valence-electron chi connectivity index (χ1n) is 10.1. The van der Waals surface area contributed by atoms with Gasteiger partial charge >= 0.3 is 5.97 Å². The molecule has 5 atom stereocenters. The van der Waals surface area contributed by atoms with Crippen molar-refractivity contribution >= 4 is 29.6 Å². The Bertz CT molecular complexity index is 656. The van der Waals surface area contributed by atoms with Gasteiger partial charge in [-0.1, -0.05) is 34.1 Å². The van der Waals surface area contributed by atoms with Crippen LogP contribution in [0.25, 0.3) is 0 Å². The number of carbonyl (C=O) groups is 5. The largest absolute Gasteiger partial charge is 0.480 e. The topological polar surface area (TPSA) is 214 Å². The fourth-order valence-corrected chi connectivity index (χ4v) is 2.71. The molecule has 0 saturated heterocycles. The summed E-state index contributed by atoms with van der Waals surface area (Å²) in [4.78, 5) is 60.0. The minimum atomic E-state index is -1.63. The van der Waals surface area contributed by atoms with E-state index in [2.05, 4.69) is 10.6 Å². The van der Waals surface area contributed by atoms with E-state index in [4.69, 9.17) is 21.7 Å². The molecule has 31 heavy (non-hydrogen) atoms. The summed E-state index contributed by atoms with van der Waals surface area (Å²) in [7, 11) is 0. The Hall–Kier alpha value is -2.73. The van der Waals surface area contributed by atoms with Gasteiger partial charge in [0.1, 0.15) is 18.1 Å². The summed E-state index contributed by atoms with van der Waals surface area (Å²) in [5.41, 5.74) is 11.0. The summed E-state index contributed by atoms with van der Waals surface area (Å²) in [6.45, 7) is 6.43. The molecule has 12 nitrogen and oxygen atoms in total. The average Bonchev–Trinajstić information content (AvgIpc) is 2.67. The van der Waals surface area contributed by atoms with Crippen LogP contribution in [0.15, 0.2) is 0 Å². The summed E-state index contributed by atoms with van der Waals surface area (Å²) in [5, 5.41) is 25.0. The van der Waals surface area contributed by atoms with Gasteiger partial charge in [0.2, 0.25) is 23.6 Å². The number of hydrogen-bond acceptors (Lipinski definition) is 7. The van der Waals surface area contributed by atoms with E-state index in [0.717, 1.165) is 0 Å². The molecule has 0 fully saturated rings. The van der Waals surface area contributed by atoms with Crippen molar-refractivity contribution in [3.05, 3.63) is 0 Å². The van der Waals surface area contributed by atoms with Gasteiger partial charge in [0, 0.05) is 0 Å². The molecule has 12 heteroatoms. The molecule has 0 aliphatic rings. The lowest BCUT2D eigenvalue weighted by Gasteiger charge is -2.27. The van der Waals surface area contributed by atoms with Gasteiger partial charge in [0.15, 0.2) is 0 Å². The Balaban J connectivity index is 5.49. The van der Waals surface area contributed by atoms with Gasteiger partial charge in [-0.25, -0.2) is 4.79 Å². The quantitative estimate of drug-likeness (QED) is 0.155. The van der Waals surface area contributed by atoms with E-state index < -0.39 is 66.8 Å². The van der Waals surface area contributed by atoms with Crippen molar-refractivity contribution in [1.29, 1.82) is 0 Å². The predicted molar refractivity (Wildman–Crippen MR) is 111 cm³/mol. The van der Waals surface area contributed by atoms with Gasteiger partial charge < -0.3 is 37.6 Å². The smallest absolute Gasteiger partial charge is 0.328 e.